The van der Waals surface area contributed by atoms with E-state index in [0.29, 0.717) is 6.54 Å². The van der Waals surface area contributed by atoms with E-state index < -0.39 is 0 Å². The summed E-state index contributed by atoms with van der Waals surface area (Å²) < 4.78 is 0. The molecule has 2 N–H and O–H groups in total. The molecule has 0 fully saturated rings. The van der Waals surface area contributed by atoms with Crippen molar-refractivity contribution in [3.8, 4) is 0 Å². The monoisotopic (exact) mass is 359 g/mol. The smallest absolute Gasteiger partial charge is 0.238 e. The van der Waals surface area contributed by atoms with E-state index in [4.69, 9.17) is 0 Å². The van der Waals surface area contributed by atoms with Gasteiger partial charge in [-0.05, 0) is 62.0 Å². The third-order valence-corrected chi connectivity index (χ3v) is 5.14. The number of nitrogens with zero attached hydrogens (tertiary/aromatic N) is 1. The summed E-state index contributed by atoms with van der Waals surface area (Å²) in [6, 6.07) is 7.85. The molecule has 0 spiro atoms. The van der Waals surface area contributed by atoms with E-state index in [1.54, 1.807) is 23.3 Å². The molecule has 0 atom stereocenters. The summed E-state index contributed by atoms with van der Waals surface area (Å²) in [6.45, 7) is 6.90. The molecule has 2 amide bonds. The average Bonchev–Trinajstić information content (AvgIpc) is 2.95. The van der Waals surface area contributed by atoms with Crippen molar-refractivity contribution in [1.82, 2.24) is 10.2 Å². The Labute approximate surface area is 153 Å². The number of amides is 2. The minimum absolute atomic E-state index is 0.0881. The van der Waals surface area contributed by atoms with Crippen LogP contribution in [0.3, 0.4) is 0 Å². The van der Waals surface area contributed by atoms with Gasteiger partial charge in [-0.3, -0.25) is 14.5 Å². The maximum absolute atomic E-state index is 12.2. The third kappa shape index (κ3) is 5.69. The zero-order valence-corrected chi connectivity index (χ0v) is 16.0. The second-order valence-electron chi connectivity index (χ2n) is 6.27. The summed E-state index contributed by atoms with van der Waals surface area (Å²) in [5.74, 6) is -0.215. The van der Waals surface area contributed by atoms with Gasteiger partial charge in [0.25, 0.3) is 0 Å². The molecule has 2 aromatic rings. The van der Waals surface area contributed by atoms with Gasteiger partial charge in [0.15, 0.2) is 0 Å². The van der Waals surface area contributed by atoms with Gasteiger partial charge in [-0.25, -0.2) is 0 Å². The first kappa shape index (κ1) is 19.1. The molecule has 5 nitrogen and oxygen atoms in total. The van der Waals surface area contributed by atoms with Gasteiger partial charge in [0.05, 0.1) is 19.6 Å². The van der Waals surface area contributed by atoms with E-state index in [1.165, 1.54) is 5.56 Å². The molecular formula is C19H25N3O2S. The number of rotatable bonds is 7. The maximum Gasteiger partial charge on any atom is 0.238 e. The minimum Gasteiger partial charge on any atom is -0.350 e. The van der Waals surface area contributed by atoms with Crippen LogP contribution in [0.15, 0.2) is 29.6 Å². The lowest BCUT2D eigenvalue weighted by Crippen LogP contribution is -2.38. The topological polar surface area (TPSA) is 61.4 Å². The van der Waals surface area contributed by atoms with Crippen LogP contribution in [0.1, 0.15) is 21.6 Å². The lowest BCUT2D eigenvalue weighted by atomic mass is 10.1. The number of likely N-dealkylation sites (N-methyl/N-ethyl adjacent to an activating group) is 1. The molecule has 0 saturated carbocycles. The fourth-order valence-electron chi connectivity index (χ4n) is 2.44. The van der Waals surface area contributed by atoms with Crippen LogP contribution in [0.5, 0.6) is 0 Å². The van der Waals surface area contributed by atoms with Gasteiger partial charge in [0.2, 0.25) is 11.8 Å². The van der Waals surface area contributed by atoms with E-state index in [9.17, 15) is 9.59 Å². The molecular weight excluding hydrogens is 334 g/mol. The number of nitrogens with one attached hydrogen (secondary N) is 2. The Balaban J connectivity index is 1.78. The van der Waals surface area contributed by atoms with Crippen molar-refractivity contribution in [3.05, 3.63) is 51.2 Å². The molecule has 0 aliphatic heterocycles. The van der Waals surface area contributed by atoms with Gasteiger partial charge in [0, 0.05) is 10.6 Å². The highest BCUT2D eigenvalue weighted by molar-refractivity contribution is 7.10. The number of hydrogen-bond donors (Lipinski definition) is 2. The van der Waals surface area contributed by atoms with Crippen LogP contribution in [-0.2, 0) is 16.1 Å². The first-order valence-electron chi connectivity index (χ1n) is 8.21. The molecule has 1 aromatic carbocycles. The van der Waals surface area contributed by atoms with E-state index >= 15 is 0 Å². The van der Waals surface area contributed by atoms with Crippen molar-refractivity contribution < 1.29 is 9.59 Å². The third-order valence-electron chi connectivity index (χ3n) is 4.12. The van der Waals surface area contributed by atoms with Crippen molar-refractivity contribution in [2.45, 2.75) is 27.3 Å². The van der Waals surface area contributed by atoms with Gasteiger partial charge >= 0.3 is 0 Å². The first-order valence-corrected chi connectivity index (χ1v) is 9.09. The predicted molar refractivity (Wildman–Crippen MR) is 103 cm³/mol. The summed E-state index contributed by atoms with van der Waals surface area (Å²) in [5, 5.41) is 7.82. The van der Waals surface area contributed by atoms with E-state index in [0.717, 1.165) is 21.7 Å². The summed E-state index contributed by atoms with van der Waals surface area (Å²) >= 11 is 1.63. The number of thiophene rings is 1. The van der Waals surface area contributed by atoms with Crippen molar-refractivity contribution in [2.75, 3.05) is 25.5 Å². The lowest BCUT2D eigenvalue weighted by Gasteiger charge is -2.17. The van der Waals surface area contributed by atoms with Gasteiger partial charge in [-0.15, -0.1) is 11.3 Å². The Morgan fingerprint density at radius 3 is 2.44 bits per heavy atom. The highest BCUT2D eigenvalue weighted by atomic mass is 32.1. The number of aryl methyl sites for hydroxylation is 2. The summed E-state index contributed by atoms with van der Waals surface area (Å²) in [4.78, 5) is 27.1. The fourth-order valence-corrected chi connectivity index (χ4v) is 3.29. The number of carbonyl (C=O) groups excluding carboxylic acids is 2. The largest absolute Gasteiger partial charge is 0.350 e. The molecule has 6 heteroatoms. The molecule has 2 rings (SSSR count). The Kier molecular flexibility index (Phi) is 6.73. The minimum atomic E-state index is -0.127. The summed E-state index contributed by atoms with van der Waals surface area (Å²) in [5.41, 5.74) is 4.19. The molecule has 25 heavy (non-hydrogen) atoms. The van der Waals surface area contributed by atoms with Crippen LogP contribution in [-0.4, -0.2) is 36.9 Å². The Hall–Kier alpha value is -2.18. The fraction of sp³-hybridized carbons (Fsp3) is 0.368. The molecule has 0 aliphatic rings. The predicted octanol–water partition coefficient (Wildman–Crippen LogP) is 2.86. The van der Waals surface area contributed by atoms with Crippen molar-refractivity contribution in [3.63, 3.8) is 0 Å². The second kappa shape index (κ2) is 8.78. The van der Waals surface area contributed by atoms with Crippen molar-refractivity contribution in [1.29, 1.82) is 0 Å². The highest BCUT2D eigenvalue weighted by Gasteiger charge is 2.12. The summed E-state index contributed by atoms with van der Waals surface area (Å²) in [7, 11) is 1.76. The summed E-state index contributed by atoms with van der Waals surface area (Å²) in [6.07, 6.45) is 0. The molecule has 0 bridgehead atoms. The van der Waals surface area contributed by atoms with Crippen molar-refractivity contribution >= 4 is 28.8 Å². The van der Waals surface area contributed by atoms with E-state index in [1.807, 2.05) is 50.4 Å². The van der Waals surface area contributed by atoms with Crippen molar-refractivity contribution in [2.24, 2.45) is 0 Å². The number of anilines is 1. The van der Waals surface area contributed by atoms with Crippen LogP contribution >= 0.6 is 11.3 Å². The van der Waals surface area contributed by atoms with Gasteiger partial charge in [-0.1, -0.05) is 12.1 Å². The molecule has 134 valence electrons. The Morgan fingerprint density at radius 1 is 1.04 bits per heavy atom. The molecule has 1 aromatic heterocycles. The van der Waals surface area contributed by atoms with Gasteiger partial charge < -0.3 is 10.6 Å². The molecule has 0 aliphatic carbocycles. The number of benzene rings is 1. The van der Waals surface area contributed by atoms with Gasteiger partial charge in [0.1, 0.15) is 0 Å². The molecule has 0 radical (unpaired) electrons. The van der Waals surface area contributed by atoms with E-state index in [2.05, 4.69) is 10.6 Å². The first-order chi connectivity index (χ1) is 11.9. The van der Waals surface area contributed by atoms with Crippen LogP contribution in [0.2, 0.25) is 0 Å². The number of hydrogen-bond acceptors (Lipinski definition) is 4. The Morgan fingerprint density at radius 2 is 1.76 bits per heavy atom. The lowest BCUT2D eigenvalue weighted by molar-refractivity contribution is -0.123. The van der Waals surface area contributed by atoms with Crippen LogP contribution in [0.4, 0.5) is 5.69 Å². The quantitative estimate of drug-likeness (QED) is 0.799. The average molecular weight is 359 g/mol. The van der Waals surface area contributed by atoms with Crippen LogP contribution in [0.25, 0.3) is 0 Å². The van der Waals surface area contributed by atoms with Crippen LogP contribution in [0, 0.1) is 20.8 Å². The van der Waals surface area contributed by atoms with E-state index in [-0.39, 0.29) is 24.9 Å². The molecule has 1 heterocycles. The second-order valence-corrected chi connectivity index (χ2v) is 7.27. The maximum atomic E-state index is 12.2. The number of carbonyl (C=O) groups is 2. The zero-order chi connectivity index (χ0) is 18.4. The standard InChI is InChI=1S/C19H25N3O2S/c1-13-6-5-7-16(15(13)3)21-19(24)12-22(4)11-18(23)20-10-17-14(2)8-9-25-17/h5-9H,10-12H2,1-4H3,(H,20,23)(H,21,24). The zero-order valence-electron chi connectivity index (χ0n) is 15.2. The van der Waals surface area contributed by atoms with Gasteiger partial charge in [-0.2, -0.15) is 0 Å². The molecule has 0 unspecified atom stereocenters. The SMILES string of the molecule is Cc1ccsc1CNC(=O)CN(C)CC(=O)Nc1cccc(C)c1C. The molecule has 0 saturated heterocycles. The highest BCUT2D eigenvalue weighted by Crippen LogP contribution is 2.17. The Bertz CT molecular complexity index is 755. The van der Waals surface area contributed by atoms with Crippen LogP contribution < -0.4 is 10.6 Å². The normalized spacial score (nSPS) is 10.8.